The third-order valence-corrected chi connectivity index (χ3v) is 5.27. The molecule has 2 fully saturated rings. The number of methoxy groups -OCH3 is 1. The van der Waals surface area contributed by atoms with Crippen molar-refractivity contribution < 1.29 is 19.0 Å². The molecule has 7 heteroatoms. The van der Waals surface area contributed by atoms with Gasteiger partial charge in [0.2, 0.25) is 0 Å². The fourth-order valence-corrected chi connectivity index (χ4v) is 3.86. The molecule has 0 aromatic carbocycles. The molecule has 2 aliphatic rings. The molecule has 3 rings (SSSR count). The third-order valence-electron chi connectivity index (χ3n) is 5.27. The lowest BCUT2D eigenvalue weighted by atomic mass is 9.83. The Kier molecular flexibility index (Phi) is 5.76. The third kappa shape index (κ3) is 4.22. The number of aromatic nitrogens is 2. The van der Waals surface area contributed by atoms with Crippen LogP contribution < -0.4 is 0 Å². The molecule has 7 nitrogen and oxygen atoms in total. The highest BCUT2D eigenvalue weighted by Crippen LogP contribution is 2.36. The smallest absolute Gasteiger partial charge is 0.272 e. The Labute approximate surface area is 149 Å². The topological polar surface area (TPSA) is 65.8 Å². The predicted octanol–water partition coefficient (Wildman–Crippen LogP) is 1.55. The Hall–Kier alpha value is -1.44. The van der Waals surface area contributed by atoms with Crippen molar-refractivity contribution in [2.75, 3.05) is 40.0 Å². The summed E-state index contributed by atoms with van der Waals surface area (Å²) in [6.45, 7) is 5.31. The number of amides is 1. The van der Waals surface area contributed by atoms with Gasteiger partial charge in [-0.1, -0.05) is 0 Å². The minimum atomic E-state index is -0.144. The van der Waals surface area contributed by atoms with E-state index in [1.54, 1.807) is 11.8 Å². The molecule has 25 heavy (non-hydrogen) atoms. The Morgan fingerprint density at radius 3 is 2.80 bits per heavy atom. The van der Waals surface area contributed by atoms with E-state index in [4.69, 9.17) is 14.2 Å². The molecular weight excluding hydrogens is 322 g/mol. The van der Waals surface area contributed by atoms with Crippen molar-refractivity contribution in [3.05, 3.63) is 17.5 Å². The van der Waals surface area contributed by atoms with Crippen molar-refractivity contribution in [2.45, 2.75) is 44.3 Å². The first kappa shape index (κ1) is 18.4. The van der Waals surface area contributed by atoms with Gasteiger partial charge < -0.3 is 19.1 Å². The van der Waals surface area contributed by atoms with E-state index in [2.05, 4.69) is 5.10 Å². The van der Waals surface area contributed by atoms with Crippen molar-refractivity contribution in [1.82, 2.24) is 14.7 Å². The van der Waals surface area contributed by atoms with Gasteiger partial charge in [0.1, 0.15) is 5.69 Å². The molecular formula is C18H29N3O4. The van der Waals surface area contributed by atoms with Crippen molar-refractivity contribution in [1.29, 1.82) is 0 Å². The monoisotopic (exact) mass is 351 g/mol. The maximum absolute atomic E-state index is 12.7. The Morgan fingerprint density at radius 1 is 1.40 bits per heavy atom. The van der Waals surface area contributed by atoms with Crippen molar-refractivity contribution >= 4 is 5.91 Å². The fraction of sp³-hybridized carbons (Fsp3) is 0.778. The van der Waals surface area contributed by atoms with Crippen LogP contribution in [0, 0.1) is 6.92 Å². The number of carbonyl (C=O) groups is 1. The summed E-state index contributed by atoms with van der Waals surface area (Å²) in [7, 11) is 3.50. The molecule has 1 amide bonds. The van der Waals surface area contributed by atoms with Crippen molar-refractivity contribution in [3.63, 3.8) is 0 Å². The van der Waals surface area contributed by atoms with Gasteiger partial charge in [0.25, 0.3) is 5.91 Å². The van der Waals surface area contributed by atoms with E-state index in [-0.39, 0.29) is 17.6 Å². The molecule has 1 spiro atoms. The van der Waals surface area contributed by atoms with Crippen LogP contribution in [-0.4, -0.2) is 72.3 Å². The van der Waals surface area contributed by atoms with Gasteiger partial charge in [-0.3, -0.25) is 9.48 Å². The second-order valence-corrected chi connectivity index (χ2v) is 7.10. The molecule has 3 heterocycles. The highest BCUT2D eigenvalue weighted by atomic mass is 16.5. The van der Waals surface area contributed by atoms with Crippen LogP contribution in [0.3, 0.4) is 0 Å². The first-order chi connectivity index (χ1) is 12.0. The zero-order valence-electron chi connectivity index (χ0n) is 15.5. The molecule has 2 saturated heterocycles. The summed E-state index contributed by atoms with van der Waals surface area (Å²) >= 11 is 0. The number of rotatable bonds is 5. The van der Waals surface area contributed by atoms with Crippen LogP contribution in [0.2, 0.25) is 0 Å². The van der Waals surface area contributed by atoms with Crippen LogP contribution in [0.5, 0.6) is 0 Å². The first-order valence-electron chi connectivity index (χ1n) is 9.07. The van der Waals surface area contributed by atoms with Crippen molar-refractivity contribution in [3.8, 4) is 0 Å². The molecule has 1 atom stereocenters. The van der Waals surface area contributed by atoms with Gasteiger partial charge in [0.05, 0.1) is 30.6 Å². The second kappa shape index (κ2) is 7.85. The van der Waals surface area contributed by atoms with Crippen LogP contribution >= 0.6 is 0 Å². The van der Waals surface area contributed by atoms with E-state index < -0.39 is 0 Å². The molecule has 0 radical (unpaired) electrons. The molecule has 1 aromatic rings. The van der Waals surface area contributed by atoms with Gasteiger partial charge >= 0.3 is 0 Å². The van der Waals surface area contributed by atoms with Crippen LogP contribution in [0.25, 0.3) is 0 Å². The first-order valence-corrected chi connectivity index (χ1v) is 9.07. The van der Waals surface area contributed by atoms with E-state index in [9.17, 15) is 4.79 Å². The minimum Gasteiger partial charge on any atom is -0.382 e. The fourth-order valence-electron chi connectivity index (χ4n) is 3.86. The highest BCUT2D eigenvalue weighted by Gasteiger charge is 2.41. The van der Waals surface area contributed by atoms with Crippen LogP contribution in [0.4, 0.5) is 0 Å². The van der Waals surface area contributed by atoms with Gasteiger partial charge in [0, 0.05) is 40.3 Å². The maximum atomic E-state index is 12.7. The molecule has 0 saturated carbocycles. The van der Waals surface area contributed by atoms with E-state index in [0.29, 0.717) is 32.0 Å². The molecule has 0 bridgehead atoms. The summed E-state index contributed by atoms with van der Waals surface area (Å²) < 4.78 is 18.8. The molecule has 1 aromatic heterocycles. The Morgan fingerprint density at radius 2 is 2.16 bits per heavy atom. The summed E-state index contributed by atoms with van der Waals surface area (Å²) in [6.07, 6.45) is 3.79. The largest absolute Gasteiger partial charge is 0.382 e. The summed E-state index contributed by atoms with van der Waals surface area (Å²) in [4.78, 5) is 14.6. The number of carbonyl (C=O) groups excluding carboxylic acids is 1. The lowest BCUT2D eigenvalue weighted by Crippen LogP contribution is -2.52. The standard InChI is InChI=1S/C18H29N3O4/c1-14-12-16(20(2)19-14)17(22)21-7-5-18(6-8-21)13-15(4-9-25-18)24-11-10-23-3/h12,15H,4-11,13H2,1-3H3. The number of nitrogens with zero attached hydrogens (tertiary/aromatic N) is 3. The van der Waals surface area contributed by atoms with Crippen LogP contribution in [-0.2, 0) is 21.3 Å². The average Bonchev–Trinajstić information content (AvgIpc) is 2.94. The van der Waals surface area contributed by atoms with E-state index >= 15 is 0 Å². The van der Waals surface area contributed by atoms with Gasteiger partial charge in [-0.05, 0) is 32.3 Å². The summed E-state index contributed by atoms with van der Waals surface area (Å²) in [5, 5.41) is 4.27. The summed E-state index contributed by atoms with van der Waals surface area (Å²) in [5.74, 6) is 0.0571. The SMILES string of the molecule is COCCOC1CCOC2(CCN(C(=O)c3cc(C)nn3C)CC2)C1. The molecule has 0 N–H and O–H groups in total. The number of ether oxygens (including phenoxy) is 3. The summed E-state index contributed by atoms with van der Waals surface area (Å²) in [5.41, 5.74) is 1.37. The quantitative estimate of drug-likeness (QED) is 0.753. The predicted molar refractivity (Wildman–Crippen MR) is 92.6 cm³/mol. The lowest BCUT2D eigenvalue weighted by molar-refractivity contribution is -0.154. The number of hydrogen-bond donors (Lipinski definition) is 0. The van der Waals surface area contributed by atoms with Gasteiger partial charge in [-0.2, -0.15) is 5.10 Å². The minimum absolute atomic E-state index is 0.0571. The Balaban J connectivity index is 1.55. The second-order valence-electron chi connectivity index (χ2n) is 7.10. The van der Waals surface area contributed by atoms with E-state index in [0.717, 1.165) is 38.0 Å². The normalized spacial score (nSPS) is 23.2. The average molecular weight is 351 g/mol. The molecule has 1 unspecified atom stereocenters. The zero-order valence-corrected chi connectivity index (χ0v) is 15.5. The van der Waals surface area contributed by atoms with Gasteiger partial charge in [-0.25, -0.2) is 0 Å². The summed E-state index contributed by atoms with van der Waals surface area (Å²) in [6, 6.07) is 1.85. The van der Waals surface area contributed by atoms with Gasteiger partial charge in [-0.15, -0.1) is 0 Å². The van der Waals surface area contributed by atoms with Crippen LogP contribution in [0.15, 0.2) is 6.07 Å². The highest BCUT2D eigenvalue weighted by molar-refractivity contribution is 5.92. The Bertz CT molecular complexity index is 593. The maximum Gasteiger partial charge on any atom is 0.272 e. The van der Waals surface area contributed by atoms with Crippen molar-refractivity contribution in [2.24, 2.45) is 7.05 Å². The molecule has 0 aliphatic carbocycles. The number of likely N-dealkylation sites (tertiary alicyclic amines) is 1. The lowest BCUT2D eigenvalue weighted by Gasteiger charge is -2.46. The number of aryl methyl sites for hydroxylation is 2. The zero-order chi connectivity index (χ0) is 17.9. The number of piperidine rings is 1. The van der Waals surface area contributed by atoms with Crippen LogP contribution in [0.1, 0.15) is 41.9 Å². The van der Waals surface area contributed by atoms with Gasteiger partial charge in [0.15, 0.2) is 0 Å². The van der Waals surface area contributed by atoms with E-state index in [1.807, 2.05) is 24.9 Å². The van der Waals surface area contributed by atoms with E-state index in [1.165, 1.54) is 0 Å². The molecule has 2 aliphatic heterocycles. The number of hydrogen-bond acceptors (Lipinski definition) is 5. The molecule has 140 valence electrons.